The molecule has 0 fully saturated rings. The van der Waals surface area contributed by atoms with Gasteiger partial charge in [-0.2, -0.15) is 0 Å². The molecule has 12 heavy (non-hydrogen) atoms. The molecule has 0 bridgehead atoms. The van der Waals surface area contributed by atoms with Crippen LogP contribution in [0.15, 0.2) is 18.2 Å². The molecule has 0 aliphatic rings. The molecular weight excluding hydrogens is 191 g/mol. The smallest absolute Gasteiger partial charge is 0.0595 e. The molecule has 0 saturated heterocycles. The van der Waals surface area contributed by atoms with Gasteiger partial charge in [0.05, 0.1) is 10.0 Å². The van der Waals surface area contributed by atoms with Crippen molar-refractivity contribution in [1.82, 2.24) is 0 Å². The predicted molar refractivity (Wildman–Crippen MR) is 53.7 cm³/mol. The van der Waals surface area contributed by atoms with E-state index in [2.05, 4.69) is 5.92 Å². The summed E-state index contributed by atoms with van der Waals surface area (Å²) in [4.78, 5) is 0. The van der Waals surface area contributed by atoms with Gasteiger partial charge in [0.2, 0.25) is 0 Å². The third kappa shape index (κ3) is 1.94. The van der Waals surface area contributed by atoms with Gasteiger partial charge < -0.3 is 0 Å². The van der Waals surface area contributed by atoms with Gasteiger partial charge in [-0.25, -0.2) is 0 Å². The number of benzene rings is 1. The molecule has 0 spiro atoms. The molecular formula is C10H8Cl2. The Morgan fingerprint density at radius 2 is 2.00 bits per heavy atom. The first-order valence-electron chi connectivity index (χ1n) is 3.56. The molecule has 2 heteroatoms. The van der Waals surface area contributed by atoms with Gasteiger partial charge in [0.25, 0.3) is 0 Å². The molecule has 0 radical (unpaired) electrons. The fourth-order valence-electron chi connectivity index (χ4n) is 0.878. The van der Waals surface area contributed by atoms with Crippen LogP contribution in [-0.4, -0.2) is 0 Å². The van der Waals surface area contributed by atoms with Crippen molar-refractivity contribution in [3.05, 3.63) is 33.8 Å². The lowest BCUT2D eigenvalue weighted by Crippen LogP contribution is -1.88. The zero-order valence-electron chi connectivity index (χ0n) is 6.64. The van der Waals surface area contributed by atoms with Crippen molar-refractivity contribution in [3.8, 4) is 12.3 Å². The van der Waals surface area contributed by atoms with E-state index < -0.39 is 0 Å². The minimum Gasteiger partial charge on any atom is -0.119 e. The number of terminal acetylenes is 1. The lowest BCUT2D eigenvalue weighted by atomic mass is 10.0. The molecule has 1 unspecified atom stereocenters. The Balaban J connectivity index is 3.06. The second-order valence-electron chi connectivity index (χ2n) is 2.56. The molecule has 0 N–H and O–H groups in total. The van der Waals surface area contributed by atoms with E-state index >= 15 is 0 Å². The summed E-state index contributed by atoms with van der Waals surface area (Å²) in [5, 5.41) is 1.11. The largest absolute Gasteiger partial charge is 0.119 e. The first kappa shape index (κ1) is 9.45. The highest BCUT2D eigenvalue weighted by Gasteiger charge is 2.03. The Bertz CT molecular complexity index is 323. The van der Waals surface area contributed by atoms with E-state index in [0.717, 1.165) is 5.56 Å². The van der Waals surface area contributed by atoms with E-state index in [1.54, 1.807) is 12.1 Å². The normalized spacial score (nSPS) is 12.2. The first-order chi connectivity index (χ1) is 5.65. The molecule has 0 nitrogen and oxygen atoms in total. The van der Waals surface area contributed by atoms with Gasteiger partial charge >= 0.3 is 0 Å². The molecule has 1 atom stereocenters. The number of halogens is 2. The lowest BCUT2D eigenvalue weighted by molar-refractivity contribution is 1.01. The van der Waals surface area contributed by atoms with Crippen LogP contribution in [0.3, 0.4) is 0 Å². The molecule has 0 heterocycles. The number of hydrogen-bond donors (Lipinski definition) is 0. The highest BCUT2D eigenvalue weighted by atomic mass is 35.5. The van der Waals surface area contributed by atoms with Crippen LogP contribution in [0.4, 0.5) is 0 Å². The topological polar surface area (TPSA) is 0 Å². The van der Waals surface area contributed by atoms with Crippen molar-refractivity contribution in [1.29, 1.82) is 0 Å². The van der Waals surface area contributed by atoms with E-state index in [9.17, 15) is 0 Å². The minimum atomic E-state index is 0.0831. The summed E-state index contributed by atoms with van der Waals surface area (Å²) in [5.41, 5.74) is 1.02. The van der Waals surface area contributed by atoms with Gasteiger partial charge in [-0.15, -0.1) is 6.42 Å². The van der Waals surface area contributed by atoms with Crippen molar-refractivity contribution >= 4 is 23.2 Å². The lowest BCUT2D eigenvalue weighted by Gasteiger charge is -2.04. The van der Waals surface area contributed by atoms with Gasteiger partial charge in [0.1, 0.15) is 0 Å². The van der Waals surface area contributed by atoms with E-state index in [0.29, 0.717) is 10.0 Å². The summed E-state index contributed by atoms with van der Waals surface area (Å²) in [6.07, 6.45) is 5.27. The molecule has 1 aromatic rings. The Labute approximate surface area is 82.5 Å². The first-order valence-corrected chi connectivity index (χ1v) is 4.32. The van der Waals surface area contributed by atoms with Crippen LogP contribution in [0.2, 0.25) is 10.0 Å². The molecule has 0 saturated carbocycles. The van der Waals surface area contributed by atoms with Gasteiger partial charge in [-0.05, 0) is 24.6 Å². The van der Waals surface area contributed by atoms with Gasteiger partial charge in [0.15, 0.2) is 0 Å². The molecule has 0 amide bonds. The molecule has 0 aromatic heterocycles. The third-order valence-corrected chi connectivity index (χ3v) is 2.43. The van der Waals surface area contributed by atoms with Crippen molar-refractivity contribution in [3.63, 3.8) is 0 Å². The van der Waals surface area contributed by atoms with Crippen molar-refractivity contribution in [2.24, 2.45) is 0 Å². The van der Waals surface area contributed by atoms with E-state index in [-0.39, 0.29) is 5.92 Å². The molecule has 0 aliphatic carbocycles. The molecule has 1 rings (SSSR count). The van der Waals surface area contributed by atoms with Crippen LogP contribution in [-0.2, 0) is 0 Å². The van der Waals surface area contributed by atoms with Gasteiger partial charge in [-0.1, -0.05) is 35.2 Å². The van der Waals surface area contributed by atoms with Crippen LogP contribution in [0.1, 0.15) is 18.4 Å². The predicted octanol–water partition coefficient (Wildman–Crippen LogP) is 3.73. The average Bonchev–Trinajstić information content (AvgIpc) is 2.08. The maximum absolute atomic E-state index is 5.81. The summed E-state index contributed by atoms with van der Waals surface area (Å²) in [5.74, 6) is 2.71. The summed E-state index contributed by atoms with van der Waals surface area (Å²) in [6.45, 7) is 1.94. The summed E-state index contributed by atoms with van der Waals surface area (Å²) < 4.78 is 0. The Morgan fingerprint density at radius 1 is 1.33 bits per heavy atom. The summed E-state index contributed by atoms with van der Waals surface area (Å²) in [6, 6.07) is 5.44. The van der Waals surface area contributed by atoms with E-state index in [1.807, 2.05) is 13.0 Å². The fraction of sp³-hybridized carbons (Fsp3) is 0.200. The Morgan fingerprint density at radius 3 is 2.50 bits per heavy atom. The minimum absolute atomic E-state index is 0.0831. The van der Waals surface area contributed by atoms with Crippen molar-refractivity contribution in [2.75, 3.05) is 0 Å². The van der Waals surface area contributed by atoms with Crippen LogP contribution in [0, 0.1) is 12.3 Å². The van der Waals surface area contributed by atoms with Gasteiger partial charge in [-0.3, -0.25) is 0 Å². The summed E-state index contributed by atoms with van der Waals surface area (Å²) in [7, 11) is 0. The molecule has 1 aromatic carbocycles. The molecule has 0 aliphatic heterocycles. The third-order valence-electron chi connectivity index (χ3n) is 1.69. The van der Waals surface area contributed by atoms with Crippen LogP contribution in [0.25, 0.3) is 0 Å². The van der Waals surface area contributed by atoms with Crippen molar-refractivity contribution in [2.45, 2.75) is 12.8 Å². The van der Waals surface area contributed by atoms with E-state index in [4.69, 9.17) is 29.6 Å². The highest BCUT2D eigenvalue weighted by molar-refractivity contribution is 6.42. The van der Waals surface area contributed by atoms with Crippen LogP contribution in [0.5, 0.6) is 0 Å². The standard InChI is InChI=1S/C10H8Cl2/c1-3-7(2)8-4-5-9(11)10(12)6-8/h1,4-7H,2H3. The van der Waals surface area contributed by atoms with Crippen molar-refractivity contribution < 1.29 is 0 Å². The van der Waals surface area contributed by atoms with Crippen LogP contribution >= 0.6 is 23.2 Å². The number of rotatable bonds is 1. The SMILES string of the molecule is C#CC(C)c1ccc(Cl)c(Cl)c1. The maximum Gasteiger partial charge on any atom is 0.0595 e. The second-order valence-corrected chi connectivity index (χ2v) is 3.38. The maximum atomic E-state index is 5.81. The quantitative estimate of drug-likeness (QED) is 0.604. The van der Waals surface area contributed by atoms with Crippen LogP contribution < -0.4 is 0 Å². The summed E-state index contributed by atoms with van der Waals surface area (Å²) >= 11 is 11.6. The van der Waals surface area contributed by atoms with Gasteiger partial charge in [0, 0.05) is 5.92 Å². The highest BCUT2D eigenvalue weighted by Crippen LogP contribution is 2.25. The number of hydrogen-bond acceptors (Lipinski definition) is 0. The second kappa shape index (κ2) is 3.85. The zero-order chi connectivity index (χ0) is 9.14. The van der Waals surface area contributed by atoms with E-state index in [1.165, 1.54) is 0 Å². The monoisotopic (exact) mass is 198 g/mol. The average molecular weight is 199 g/mol. The Kier molecular flexibility index (Phi) is 3.03. The molecule has 62 valence electrons. The zero-order valence-corrected chi connectivity index (χ0v) is 8.15. The fourth-order valence-corrected chi connectivity index (χ4v) is 1.18. The Hall–Kier alpha value is -0.640.